The van der Waals surface area contributed by atoms with Crippen molar-refractivity contribution in [3.63, 3.8) is 0 Å². The first kappa shape index (κ1) is 13.7. The van der Waals surface area contributed by atoms with Gasteiger partial charge in [0.05, 0.1) is 5.69 Å². The van der Waals surface area contributed by atoms with E-state index in [1.54, 1.807) is 25.1 Å². The molecule has 1 aromatic carbocycles. The minimum atomic E-state index is -0.337. The number of halogens is 2. The first-order valence-electron chi connectivity index (χ1n) is 5.90. The van der Waals surface area contributed by atoms with Gasteiger partial charge in [0.2, 0.25) is 0 Å². The lowest BCUT2D eigenvalue weighted by molar-refractivity contribution is 0.631. The van der Waals surface area contributed by atoms with Crippen LogP contribution in [0.15, 0.2) is 28.7 Å². The van der Waals surface area contributed by atoms with E-state index >= 15 is 0 Å². The molecule has 2 aromatic rings. The van der Waals surface area contributed by atoms with Crippen LogP contribution in [0.1, 0.15) is 12.7 Å². The van der Waals surface area contributed by atoms with Crippen molar-refractivity contribution in [2.45, 2.75) is 13.8 Å². The van der Waals surface area contributed by atoms with E-state index in [1.165, 1.54) is 6.07 Å². The van der Waals surface area contributed by atoms with E-state index in [2.05, 4.69) is 36.5 Å². The van der Waals surface area contributed by atoms with E-state index in [9.17, 15) is 4.39 Å². The Balaban J connectivity index is 2.33. The molecule has 19 heavy (non-hydrogen) atoms. The number of anilines is 3. The minimum absolute atomic E-state index is 0.337. The largest absolute Gasteiger partial charge is 0.370 e. The molecule has 0 amide bonds. The van der Waals surface area contributed by atoms with Crippen LogP contribution in [-0.4, -0.2) is 16.5 Å². The maximum Gasteiger partial charge on any atom is 0.147 e. The average molecular weight is 325 g/mol. The van der Waals surface area contributed by atoms with Crippen molar-refractivity contribution in [2.24, 2.45) is 0 Å². The second-order valence-corrected chi connectivity index (χ2v) is 4.79. The summed E-state index contributed by atoms with van der Waals surface area (Å²) in [5, 5.41) is 6.07. The summed E-state index contributed by atoms with van der Waals surface area (Å²) < 4.78 is 14.4. The second kappa shape index (κ2) is 5.97. The van der Waals surface area contributed by atoms with Gasteiger partial charge in [0.1, 0.15) is 23.3 Å². The predicted octanol–water partition coefficient (Wildman–Crippen LogP) is 3.86. The molecule has 0 bridgehead atoms. The molecule has 2 N–H and O–H groups in total. The fourth-order valence-electron chi connectivity index (χ4n) is 1.65. The summed E-state index contributed by atoms with van der Waals surface area (Å²) in [6.07, 6.45) is 0. The molecule has 1 heterocycles. The summed E-state index contributed by atoms with van der Waals surface area (Å²) in [6.45, 7) is 4.54. The molecular weight excluding hydrogens is 311 g/mol. The topological polar surface area (TPSA) is 49.8 Å². The molecular formula is C13H14BrFN4. The maximum absolute atomic E-state index is 13.7. The molecule has 0 aliphatic heterocycles. The van der Waals surface area contributed by atoms with E-state index in [-0.39, 0.29) is 5.82 Å². The summed E-state index contributed by atoms with van der Waals surface area (Å²) in [6, 6.07) is 6.55. The highest BCUT2D eigenvalue weighted by molar-refractivity contribution is 9.10. The lowest BCUT2D eigenvalue weighted by Gasteiger charge is -2.11. The zero-order valence-corrected chi connectivity index (χ0v) is 12.3. The molecule has 0 aliphatic rings. The number of hydrogen-bond acceptors (Lipinski definition) is 4. The van der Waals surface area contributed by atoms with Gasteiger partial charge in [-0.15, -0.1) is 0 Å². The fourth-order valence-corrected chi connectivity index (χ4v) is 2.09. The Bertz CT molecular complexity index is 569. The van der Waals surface area contributed by atoms with Crippen molar-refractivity contribution in [3.05, 3.63) is 40.4 Å². The number of nitrogens with zero attached hydrogens (tertiary/aromatic N) is 2. The van der Waals surface area contributed by atoms with Gasteiger partial charge in [0, 0.05) is 17.1 Å². The Kier molecular flexibility index (Phi) is 4.31. The third-order valence-electron chi connectivity index (χ3n) is 2.41. The molecule has 0 saturated carbocycles. The number of benzene rings is 1. The molecule has 2 rings (SSSR count). The van der Waals surface area contributed by atoms with E-state index in [4.69, 9.17) is 0 Å². The number of aromatic nitrogens is 2. The molecule has 0 radical (unpaired) electrons. The van der Waals surface area contributed by atoms with Crippen LogP contribution in [-0.2, 0) is 0 Å². The number of hydrogen-bond donors (Lipinski definition) is 2. The third kappa shape index (κ3) is 3.41. The van der Waals surface area contributed by atoms with E-state index < -0.39 is 0 Å². The fraction of sp³-hybridized carbons (Fsp3) is 0.231. The SMILES string of the molecule is CCNc1cc(Nc2c(F)cccc2Br)nc(C)n1. The van der Waals surface area contributed by atoms with Gasteiger partial charge in [-0.3, -0.25) is 0 Å². The molecule has 1 aromatic heterocycles. The zero-order valence-electron chi connectivity index (χ0n) is 10.7. The van der Waals surface area contributed by atoms with Gasteiger partial charge >= 0.3 is 0 Å². The molecule has 0 spiro atoms. The highest BCUT2D eigenvalue weighted by Gasteiger charge is 2.08. The Morgan fingerprint density at radius 2 is 2.00 bits per heavy atom. The summed E-state index contributed by atoms with van der Waals surface area (Å²) in [4.78, 5) is 8.49. The van der Waals surface area contributed by atoms with Gasteiger partial charge in [-0.25, -0.2) is 14.4 Å². The van der Waals surface area contributed by atoms with Crippen molar-refractivity contribution < 1.29 is 4.39 Å². The zero-order chi connectivity index (χ0) is 13.8. The summed E-state index contributed by atoms with van der Waals surface area (Å²) >= 11 is 3.31. The van der Waals surface area contributed by atoms with E-state index in [0.29, 0.717) is 27.6 Å². The minimum Gasteiger partial charge on any atom is -0.370 e. The van der Waals surface area contributed by atoms with Crippen LogP contribution >= 0.6 is 15.9 Å². The molecule has 100 valence electrons. The Labute approximate surface area is 119 Å². The Morgan fingerprint density at radius 3 is 2.68 bits per heavy atom. The first-order chi connectivity index (χ1) is 9.10. The molecule has 4 nitrogen and oxygen atoms in total. The quantitative estimate of drug-likeness (QED) is 0.896. The summed E-state index contributed by atoms with van der Waals surface area (Å²) in [5.74, 6) is 1.54. The third-order valence-corrected chi connectivity index (χ3v) is 3.07. The molecule has 0 fully saturated rings. The van der Waals surface area contributed by atoms with Gasteiger partial charge < -0.3 is 10.6 Å². The van der Waals surface area contributed by atoms with Crippen LogP contribution in [0.2, 0.25) is 0 Å². The van der Waals surface area contributed by atoms with Crippen molar-refractivity contribution in [1.82, 2.24) is 9.97 Å². The van der Waals surface area contributed by atoms with Crippen LogP contribution in [0.4, 0.5) is 21.7 Å². The van der Waals surface area contributed by atoms with E-state index in [0.717, 1.165) is 6.54 Å². The van der Waals surface area contributed by atoms with Crippen LogP contribution in [0.3, 0.4) is 0 Å². The number of rotatable bonds is 4. The van der Waals surface area contributed by atoms with Gasteiger partial charge in [-0.05, 0) is 41.9 Å². The molecule has 0 saturated heterocycles. The first-order valence-corrected chi connectivity index (χ1v) is 6.70. The van der Waals surface area contributed by atoms with Crippen LogP contribution in [0.5, 0.6) is 0 Å². The summed E-state index contributed by atoms with van der Waals surface area (Å²) in [7, 11) is 0. The molecule has 0 atom stereocenters. The second-order valence-electron chi connectivity index (χ2n) is 3.94. The summed E-state index contributed by atoms with van der Waals surface area (Å²) in [5.41, 5.74) is 0.364. The van der Waals surface area contributed by atoms with Crippen molar-refractivity contribution >= 4 is 33.3 Å². The molecule has 0 unspecified atom stereocenters. The number of nitrogens with one attached hydrogen (secondary N) is 2. The van der Waals surface area contributed by atoms with Crippen molar-refractivity contribution in [2.75, 3.05) is 17.2 Å². The standard InChI is InChI=1S/C13H14BrFN4/c1-3-16-11-7-12(18-8(2)17-11)19-13-9(14)5-4-6-10(13)15/h4-7H,3H2,1-2H3,(H2,16,17,18,19). The van der Waals surface area contributed by atoms with Crippen molar-refractivity contribution in [3.8, 4) is 0 Å². The lowest BCUT2D eigenvalue weighted by atomic mass is 10.3. The monoisotopic (exact) mass is 324 g/mol. The van der Waals surface area contributed by atoms with Crippen LogP contribution < -0.4 is 10.6 Å². The number of aryl methyl sites for hydroxylation is 1. The van der Waals surface area contributed by atoms with Crippen LogP contribution in [0, 0.1) is 12.7 Å². The van der Waals surface area contributed by atoms with E-state index in [1.807, 2.05) is 6.92 Å². The smallest absolute Gasteiger partial charge is 0.147 e. The number of para-hydroxylation sites is 1. The van der Waals surface area contributed by atoms with Crippen molar-refractivity contribution in [1.29, 1.82) is 0 Å². The molecule has 0 aliphatic carbocycles. The lowest BCUT2D eigenvalue weighted by Crippen LogP contribution is -2.05. The van der Waals surface area contributed by atoms with Gasteiger partial charge in [-0.1, -0.05) is 6.07 Å². The normalized spacial score (nSPS) is 10.3. The van der Waals surface area contributed by atoms with Gasteiger partial charge in [0.25, 0.3) is 0 Å². The van der Waals surface area contributed by atoms with Crippen LogP contribution in [0.25, 0.3) is 0 Å². The predicted molar refractivity (Wildman–Crippen MR) is 78.3 cm³/mol. The maximum atomic E-state index is 13.7. The molecule has 6 heteroatoms. The Morgan fingerprint density at radius 1 is 1.26 bits per heavy atom. The van der Waals surface area contributed by atoms with Gasteiger partial charge in [-0.2, -0.15) is 0 Å². The Hall–Kier alpha value is -1.69. The van der Waals surface area contributed by atoms with Gasteiger partial charge in [0.15, 0.2) is 0 Å². The average Bonchev–Trinajstić information content (AvgIpc) is 2.34. The highest BCUT2D eigenvalue weighted by Crippen LogP contribution is 2.28. The highest BCUT2D eigenvalue weighted by atomic mass is 79.9.